The van der Waals surface area contributed by atoms with Crippen LogP contribution in [0.1, 0.15) is 12.5 Å². The van der Waals surface area contributed by atoms with Crippen LogP contribution in [0.15, 0.2) is 35.9 Å². The Balaban J connectivity index is 3.37. The Labute approximate surface area is 98.0 Å². The molecule has 0 saturated carbocycles. The summed E-state index contributed by atoms with van der Waals surface area (Å²) in [5, 5.41) is 17.8. The van der Waals surface area contributed by atoms with Crippen LogP contribution in [-0.2, 0) is 14.3 Å². The topological polar surface area (TPSA) is 83.8 Å². The van der Waals surface area contributed by atoms with Crippen molar-refractivity contribution in [2.24, 2.45) is 0 Å². The highest BCUT2D eigenvalue weighted by molar-refractivity contribution is 6.17. The monoisotopic (exact) mass is 236 g/mol. The van der Waals surface area contributed by atoms with Gasteiger partial charge in [-0.3, -0.25) is 0 Å². The minimum Gasteiger partial charge on any atom is -0.492 e. The van der Waals surface area contributed by atoms with Gasteiger partial charge in [0.2, 0.25) is 0 Å². The van der Waals surface area contributed by atoms with E-state index < -0.39 is 17.5 Å². The third-order valence-corrected chi connectivity index (χ3v) is 1.98. The Morgan fingerprint density at radius 2 is 1.65 bits per heavy atom. The Hall–Kier alpha value is -2.30. The first-order chi connectivity index (χ1) is 8.07. The van der Waals surface area contributed by atoms with Gasteiger partial charge in [0.1, 0.15) is 5.76 Å². The fraction of sp³-hybridized carbons (Fsp3) is 0.167. The van der Waals surface area contributed by atoms with Crippen LogP contribution in [0.5, 0.6) is 0 Å². The van der Waals surface area contributed by atoms with Crippen LogP contribution in [-0.4, -0.2) is 28.8 Å². The van der Waals surface area contributed by atoms with Gasteiger partial charge in [-0.05, 0) is 6.92 Å². The molecule has 0 atom stereocenters. The van der Waals surface area contributed by atoms with Crippen LogP contribution in [0.4, 0.5) is 0 Å². The van der Waals surface area contributed by atoms with E-state index in [1.807, 2.05) is 0 Å². The van der Waals surface area contributed by atoms with Crippen molar-refractivity contribution in [3.63, 3.8) is 0 Å². The van der Waals surface area contributed by atoms with Gasteiger partial charge < -0.3 is 14.9 Å². The lowest BCUT2D eigenvalue weighted by Crippen LogP contribution is -2.15. The lowest BCUT2D eigenvalue weighted by atomic mass is 10.1. The van der Waals surface area contributed by atoms with Crippen molar-refractivity contribution in [2.75, 3.05) is 6.61 Å². The van der Waals surface area contributed by atoms with Crippen LogP contribution in [0, 0.1) is 0 Å². The van der Waals surface area contributed by atoms with Crippen molar-refractivity contribution in [1.82, 2.24) is 0 Å². The molecule has 0 radical (unpaired) electrons. The average molecular weight is 236 g/mol. The first-order valence-corrected chi connectivity index (χ1v) is 4.97. The highest BCUT2D eigenvalue weighted by Gasteiger charge is 2.24. The Morgan fingerprint density at radius 3 is 2.06 bits per heavy atom. The number of carboxylic acid groups (broad SMARTS) is 2. The molecule has 1 rings (SSSR count). The van der Waals surface area contributed by atoms with E-state index in [4.69, 9.17) is 14.9 Å². The molecule has 0 saturated heterocycles. The molecule has 0 unspecified atom stereocenters. The zero-order chi connectivity index (χ0) is 12.8. The molecular weight excluding hydrogens is 224 g/mol. The second-order valence-corrected chi connectivity index (χ2v) is 3.11. The van der Waals surface area contributed by atoms with E-state index in [0.29, 0.717) is 5.56 Å². The van der Waals surface area contributed by atoms with Crippen molar-refractivity contribution >= 4 is 17.7 Å². The molecule has 0 spiro atoms. The summed E-state index contributed by atoms with van der Waals surface area (Å²) in [5.74, 6) is -3.18. The molecule has 0 heterocycles. The molecule has 1 aromatic carbocycles. The maximum Gasteiger partial charge on any atom is 0.347 e. The Kier molecular flexibility index (Phi) is 4.28. The number of carbonyl (C=O) groups is 2. The van der Waals surface area contributed by atoms with Gasteiger partial charge in [-0.2, -0.15) is 0 Å². The quantitative estimate of drug-likeness (QED) is 0.351. The third kappa shape index (κ3) is 3.07. The summed E-state index contributed by atoms with van der Waals surface area (Å²) in [7, 11) is 0. The first-order valence-electron chi connectivity index (χ1n) is 4.97. The minimum atomic E-state index is -1.52. The van der Waals surface area contributed by atoms with E-state index in [1.165, 1.54) is 0 Å². The molecular formula is C12H12O5. The number of rotatable bonds is 5. The second kappa shape index (κ2) is 5.69. The smallest absolute Gasteiger partial charge is 0.347 e. The molecule has 5 nitrogen and oxygen atoms in total. The summed E-state index contributed by atoms with van der Waals surface area (Å²) >= 11 is 0. The zero-order valence-corrected chi connectivity index (χ0v) is 9.21. The normalized spacial score (nSPS) is 9.47. The SMILES string of the molecule is CCOC(=C(C(=O)O)C(=O)O)c1ccccc1. The van der Waals surface area contributed by atoms with Gasteiger partial charge in [0.05, 0.1) is 6.61 Å². The molecule has 0 aliphatic rings. The van der Waals surface area contributed by atoms with Gasteiger partial charge in [-0.25, -0.2) is 9.59 Å². The van der Waals surface area contributed by atoms with Crippen LogP contribution >= 0.6 is 0 Å². The maximum atomic E-state index is 10.9. The van der Waals surface area contributed by atoms with Crippen LogP contribution in [0.25, 0.3) is 5.76 Å². The predicted molar refractivity (Wildman–Crippen MR) is 60.3 cm³/mol. The van der Waals surface area contributed by atoms with E-state index in [2.05, 4.69) is 0 Å². The van der Waals surface area contributed by atoms with Gasteiger partial charge in [-0.15, -0.1) is 0 Å². The summed E-state index contributed by atoms with van der Waals surface area (Å²) in [6, 6.07) is 8.29. The fourth-order valence-electron chi connectivity index (χ4n) is 1.32. The standard InChI is InChI=1S/C12H12O5/c1-2-17-10(8-6-4-3-5-7-8)9(11(13)14)12(15)16/h3-7H,2H2,1H3,(H,13,14)(H,15,16). The average Bonchev–Trinajstić information content (AvgIpc) is 2.28. The van der Waals surface area contributed by atoms with E-state index >= 15 is 0 Å². The molecule has 0 aliphatic carbocycles. The molecule has 0 amide bonds. The van der Waals surface area contributed by atoms with Gasteiger partial charge in [0.15, 0.2) is 5.57 Å². The number of aliphatic carboxylic acids is 2. The second-order valence-electron chi connectivity index (χ2n) is 3.11. The number of hydrogen-bond donors (Lipinski definition) is 2. The summed E-state index contributed by atoms with van der Waals surface area (Å²) in [5.41, 5.74) is -0.341. The molecule has 0 bridgehead atoms. The number of ether oxygens (including phenoxy) is 1. The van der Waals surface area contributed by atoms with E-state index in [0.717, 1.165) is 0 Å². The van der Waals surface area contributed by atoms with Crippen molar-refractivity contribution in [2.45, 2.75) is 6.92 Å². The number of hydrogen-bond acceptors (Lipinski definition) is 3. The molecule has 2 N–H and O–H groups in total. The molecule has 5 heteroatoms. The van der Waals surface area contributed by atoms with Crippen LogP contribution in [0.3, 0.4) is 0 Å². The first kappa shape index (κ1) is 12.8. The lowest BCUT2D eigenvalue weighted by Gasteiger charge is -2.10. The van der Waals surface area contributed by atoms with Crippen molar-refractivity contribution in [3.05, 3.63) is 41.5 Å². The largest absolute Gasteiger partial charge is 0.492 e. The van der Waals surface area contributed by atoms with Gasteiger partial charge in [0, 0.05) is 5.56 Å². The molecule has 0 aliphatic heterocycles. The summed E-state index contributed by atoms with van der Waals surface area (Å²) < 4.78 is 5.13. The minimum absolute atomic E-state index is 0.131. The fourth-order valence-corrected chi connectivity index (χ4v) is 1.32. The lowest BCUT2D eigenvalue weighted by molar-refractivity contribution is -0.140. The molecule has 0 aromatic heterocycles. The highest BCUT2D eigenvalue weighted by Crippen LogP contribution is 2.20. The summed E-state index contributed by atoms with van der Waals surface area (Å²) in [6.07, 6.45) is 0. The van der Waals surface area contributed by atoms with Crippen LogP contribution in [0.2, 0.25) is 0 Å². The van der Waals surface area contributed by atoms with Crippen LogP contribution < -0.4 is 0 Å². The number of carboxylic acids is 2. The van der Waals surface area contributed by atoms with Gasteiger partial charge in [-0.1, -0.05) is 30.3 Å². The Bertz CT molecular complexity index is 431. The van der Waals surface area contributed by atoms with Crippen molar-refractivity contribution in [1.29, 1.82) is 0 Å². The third-order valence-electron chi connectivity index (χ3n) is 1.98. The van der Waals surface area contributed by atoms with Gasteiger partial charge >= 0.3 is 11.9 Å². The van der Waals surface area contributed by atoms with E-state index in [-0.39, 0.29) is 12.4 Å². The Morgan fingerprint density at radius 1 is 1.12 bits per heavy atom. The van der Waals surface area contributed by atoms with E-state index in [9.17, 15) is 9.59 Å². The summed E-state index contributed by atoms with van der Waals surface area (Å²) in [6.45, 7) is 1.85. The zero-order valence-electron chi connectivity index (χ0n) is 9.21. The number of benzene rings is 1. The highest BCUT2D eigenvalue weighted by atomic mass is 16.5. The van der Waals surface area contributed by atoms with E-state index in [1.54, 1.807) is 37.3 Å². The maximum absolute atomic E-state index is 10.9. The predicted octanol–water partition coefficient (Wildman–Crippen LogP) is 1.60. The molecule has 90 valence electrons. The van der Waals surface area contributed by atoms with Crippen molar-refractivity contribution < 1.29 is 24.5 Å². The molecule has 17 heavy (non-hydrogen) atoms. The van der Waals surface area contributed by atoms with Gasteiger partial charge in [0.25, 0.3) is 0 Å². The van der Waals surface area contributed by atoms with Crippen molar-refractivity contribution in [3.8, 4) is 0 Å². The molecule has 0 fully saturated rings. The molecule has 1 aromatic rings. The summed E-state index contributed by atoms with van der Waals surface area (Å²) in [4.78, 5) is 21.8.